The van der Waals surface area contributed by atoms with Crippen molar-refractivity contribution in [3.05, 3.63) is 36.4 Å². The van der Waals surface area contributed by atoms with Gasteiger partial charge in [0.15, 0.2) is 6.61 Å². The molecule has 1 heterocycles. The van der Waals surface area contributed by atoms with E-state index in [2.05, 4.69) is 10.0 Å². The summed E-state index contributed by atoms with van der Waals surface area (Å²) in [6.45, 7) is -0.0989. The van der Waals surface area contributed by atoms with E-state index in [1.807, 2.05) is 0 Å². The molecule has 2 aromatic carbocycles. The summed E-state index contributed by atoms with van der Waals surface area (Å²) < 4.78 is 43.3. The van der Waals surface area contributed by atoms with Gasteiger partial charge < -0.3 is 19.5 Å². The van der Waals surface area contributed by atoms with Crippen LogP contribution in [0.25, 0.3) is 0 Å². The third kappa shape index (κ3) is 3.45. The molecule has 1 amide bonds. The van der Waals surface area contributed by atoms with E-state index in [0.29, 0.717) is 22.9 Å². The summed E-state index contributed by atoms with van der Waals surface area (Å²) in [7, 11) is -1.000. The maximum Gasteiger partial charge on any atom is 0.262 e. The minimum Gasteiger partial charge on any atom is -0.497 e. The number of hydrogen-bond acceptors (Lipinski definition) is 6. The number of rotatable bonds is 5. The van der Waals surface area contributed by atoms with Gasteiger partial charge in [0.05, 0.1) is 30.5 Å². The summed E-state index contributed by atoms with van der Waals surface area (Å²) in [5.74, 6) is 0.894. The quantitative estimate of drug-likeness (QED) is 0.839. The van der Waals surface area contributed by atoms with E-state index in [0.717, 1.165) is 0 Å². The van der Waals surface area contributed by atoms with Crippen LogP contribution in [0, 0.1) is 0 Å². The van der Waals surface area contributed by atoms with Crippen LogP contribution in [-0.2, 0) is 14.8 Å². The zero-order valence-corrected chi connectivity index (χ0v) is 14.3. The minimum atomic E-state index is -3.91. The molecule has 3 rings (SSSR count). The van der Waals surface area contributed by atoms with Gasteiger partial charge in [0.2, 0.25) is 0 Å². The fourth-order valence-corrected chi connectivity index (χ4v) is 3.41. The second-order valence-electron chi connectivity index (χ2n) is 5.17. The maximum atomic E-state index is 12.7. The molecule has 1 aliphatic rings. The predicted octanol–water partition coefficient (Wildman–Crippen LogP) is 1.84. The minimum absolute atomic E-state index is 0.0260. The third-order valence-electron chi connectivity index (χ3n) is 3.55. The van der Waals surface area contributed by atoms with E-state index in [1.165, 1.54) is 38.5 Å². The smallest absolute Gasteiger partial charge is 0.262 e. The molecule has 0 fully saturated rings. The largest absolute Gasteiger partial charge is 0.497 e. The van der Waals surface area contributed by atoms with Crippen LogP contribution in [0.3, 0.4) is 0 Å². The monoisotopic (exact) mass is 364 g/mol. The summed E-state index contributed by atoms with van der Waals surface area (Å²) in [4.78, 5) is 11.4. The van der Waals surface area contributed by atoms with Gasteiger partial charge in [0.1, 0.15) is 17.2 Å². The molecule has 0 spiro atoms. The number of benzene rings is 2. The number of ether oxygens (including phenoxy) is 3. The van der Waals surface area contributed by atoms with Gasteiger partial charge in [-0.3, -0.25) is 9.52 Å². The highest BCUT2D eigenvalue weighted by Gasteiger charge is 2.22. The van der Waals surface area contributed by atoms with Crippen molar-refractivity contribution in [1.82, 2.24) is 0 Å². The van der Waals surface area contributed by atoms with E-state index >= 15 is 0 Å². The van der Waals surface area contributed by atoms with Crippen molar-refractivity contribution in [2.45, 2.75) is 4.90 Å². The Labute approximate surface area is 144 Å². The summed E-state index contributed by atoms with van der Waals surface area (Å²) in [5.41, 5.74) is 0.539. The molecule has 0 unspecified atom stereocenters. The van der Waals surface area contributed by atoms with E-state index in [-0.39, 0.29) is 23.1 Å². The lowest BCUT2D eigenvalue weighted by Crippen LogP contribution is -2.25. The topological polar surface area (TPSA) is 103 Å². The first-order valence-electron chi connectivity index (χ1n) is 7.24. The summed E-state index contributed by atoms with van der Waals surface area (Å²) in [5, 5.41) is 2.58. The van der Waals surface area contributed by atoms with Crippen molar-refractivity contribution in [2.75, 3.05) is 30.9 Å². The van der Waals surface area contributed by atoms with Gasteiger partial charge in [-0.2, -0.15) is 0 Å². The first-order chi connectivity index (χ1) is 11.9. The van der Waals surface area contributed by atoms with Crippen molar-refractivity contribution in [1.29, 1.82) is 0 Å². The van der Waals surface area contributed by atoms with E-state index < -0.39 is 10.0 Å². The van der Waals surface area contributed by atoms with Gasteiger partial charge in [0.25, 0.3) is 15.9 Å². The Morgan fingerprint density at radius 2 is 1.92 bits per heavy atom. The molecule has 0 atom stereocenters. The number of sulfonamides is 1. The van der Waals surface area contributed by atoms with Crippen LogP contribution >= 0.6 is 0 Å². The van der Waals surface area contributed by atoms with Gasteiger partial charge in [-0.05, 0) is 30.3 Å². The maximum absolute atomic E-state index is 12.7. The first-order valence-corrected chi connectivity index (χ1v) is 8.73. The van der Waals surface area contributed by atoms with Crippen molar-refractivity contribution in [2.24, 2.45) is 0 Å². The molecule has 0 aliphatic carbocycles. The SMILES string of the molecule is COc1ccc(OC)c(NS(=O)(=O)c2ccc3c(c2)NC(=O)CO3)c1. The highest BCUT2D eigenvalue weighted by molar-refractivity contribution is 7.92. The number of anilines is 2. The summed E-state index contributed by atoms with van der Waals surface area (Å²) in [6, 6.07) is 8.98. The normalized spacial score (nSPS) is 13.3. The van der Waals surface area contributed by atoms with Gasteiger partial charge in [-0.1, -0.05) is 0 Å². The Morgan fingerprint density at radius 1 is 1.12 bits per heavy atom. The van der Waals surface area contributed by atoms with E-state index in [9.17, 15) is 13.2 Å². The summed E-state index contributed by atoms with van der Waals surface area (Å²) in [6.07, 6.45) is 0. The van der Waals surface area contributed by atoms with Crippen LogP contribution in [0.2, 0.25) is 0 Å². The molecule has 0 saturated heterocycles. The summed E-state index contributed by atoms with van der Waals surface area (Å²) >= 11 is 0. The standard InChI is InChI=1S/C16H16N2O6S/c1-22-10-3-5-14(23-2)13(7-10)18-25(20,21)11-4-6-15-12(8-11)17-16(19)9-24-15/h3-8,18H,9H2,1-2H3,(H,17,19). The molecule has 8 nitrogen and oxygen atoms in total. The second-order valence-corrected chi connectivity index (χ2v) is 6.85. The molecule has 2 N–H and O–H groups in total. The number of carbonyl (C=O) groups excluding carboxylic acids is 1. The van der Waals surface area contributed by atoms with Gasteiger partial charge >= 0.3 is 0 Å². The van der Waals surface area contributed by atoms with Gasteiger partial charge in [-0.25, -0.2) is 8.42 Å². The zero-order valence-electron chi connectivity index (χ0n) is 13.5. The Balaban J connectivity index is 1.95. The average Bonchev–Trinajstić information content (AvgIpc) is 2.60. The van der Waals surface area contributed by atoms with Crippen LogP contribution < -0.4 is 24.2 Å². The van der Waals surface area contributed by atoms with Crippen molar-refractivity contribution in [3.8, 4) is 17.2 Å². The Bertz CT molecular complexity index is 926. The van der Waals surface area contributed by atoms with Crippen LogP contribution in [0.4, 0.5) is 11.4 Å². The fourth-order valence-electron chi connectivity index (χ4n) is 2.33. The third-order valence-corrected chi connectivity index (χ3v) is 4.91. The molecule has 0 bridgehead atoms. The second kappa shape index (κ2) is 6.52. The predicted molar refractivity (Wildman–Crippen MR) is 90.9 cm³/mol. The lowest BCUT2D eigenvalue weighted by Gasteiger charge is -2.19. The molecular weight excluding hydrogens is 348 g/mol. The van der Waals surface area contributed by atoms with Crippen LogP contribution in [-0.4, -0.2) is 35.2 Å². The molecule has 9 heteroatoms. The molecule has 0 aromatic heterocycles. The lowest BCUT2D eigenvalue weighted by atomic mass is 10.2. The van der Waals surface area contributed by atoms with Gasteiger partial charge in [-0.15, -0.1) is 0 Å². The van der Waals surface area contributed by atoms with Crippen LogP contribution in [0.15, 0.2) is 41.3 Å². The number of fused-ring (bicyclic) bond motifs is 1. The molecule has 2 aromatic rings. The Morgan fingerprint density at radius 3 is 2.64 bits per heavy atom. The molecule has 0 radical (unpaired) electrons. The number of nitrogens with one attached hydrogen (secondary N) is 2. The number of carbonyl (C=O) groups is 1. The average molecular weight is 364 g/mol. The molecular formula is C16H16N2O6S. The van der Waals surface area contributed by atoms with Crippen LogP contribution in [0.1, 0.15) is 0 Å². The van der Waals surface area contributed by atoms with Crippen molar-refractivity contribution < 1.29 is 27.4 Å². The number of methoxy groups -OCH3 is 2. The lowest BCUT2D eigenvalue weighted by molar-refractivity contribution is -0.118. The molecule has 25 heavy (non-hydrogen) atoms. The number of hydrogen-bond donors (Lipinski definition) is 2. The molecule has 1 aliphatic heterocycles. The number of amides is 1. The highest BCUT2D eigenvalue weighted by Crippen LogP contribution is 2.33. The molecule has 132 valence electrons. The zero-order chi connectivity index (χ0) is 18.0. The Kier molecular flexibility index (Phi) is 4.41. The van der Waals surface area contributed by atoms with E-state index in [4.69, 9.17) is 14.2 Å². The fraction of sp³-hybridized carbons (Fsp3) is 0.188. The molecule has 0 saturated carbocycles. The Hall–Kier alpha value is -2.94. The van der Waals surface area contributed by atoms with E-state index in [1.54, 1.807) is 12.1 Å². The van der Waals surface area contributed by atoms with Crippen LogP contribution in [0.5, 0.6) is 17.2 Å². The van der Waals surface area contributed by atoms with Gasteiger partial charge in [0, 0.05) is 6.07 Å². The first kappa shape index (κ1) is 16.9. The van der Waals surface area contributed by atoms with Crippen molar-refractivity contribution in [3.63, 3.8) is 0 Å². The van der Waals surface area contributed by atoms with Crippen molar-refractivity contribution >= 4 is 27.3 Å². The highest BCUT2D eigenvalue weighted by atomic mass is 32.2.